The van der Waals surface area contributed by atoms with Gasteiger partial charge in [-0.25, -0.2) is 0 Å². The number of carbonyl (C=O) groups excluding carboxylic acids is 1. The molecule has 2 rings (SSSR count). The standard InChI is InChI=1S/C15H12OS/c1-11-7-9-13(10-8-11)15(17)14(16)12-5-3-2-4-6-12/h2-10H,1H3. The Bertz CT molecular complexity index is 541. The van der Waals surface area contributed by atoms with Gasteiger partial charge in [0.05, 0.1) is 4.86 Å². The Balaban J connectivity index is 2.27. The van der Waals surface area contributed by atoms with Crippen LogP contribution in [0.25, 0.3) is 0 Å². The summed E-state index contributed by atoms with van der Waals surface area (Å²) in [6.45, 7) is 2.01. The highest BCUT2D eigenvalue weighted by Gasteiger charge is 2.13. The molecule has 0 aliphatic rings. The van der Waals surface area contributed by atoms with Gasteiger partial charge >= 0.3 is 0 Å². The fourth-order valence-corrected chi connectivity index (χ4v) is 1.81. The van der Waals surface area contributed by atoms with Crippen molar-refractivity contribution in [1.29, 1.82) is 0 Å². The van der Waals surface area contributed by atoms with Crippen LogP contribution in [-0.4, -0.2) is 10.6 Å². The molecule has 0 bridgehead atoms. The maximum atomic E-state index is 12.1. The molecule has 1 nitrogen and oxygen atoms in total. The molecular formula is C15H12OS. The molecule has 0 aliphatic heterocycles. The first kappa shape index (κ1) is 11.7. The van der Waals surface area contributed by atoms with Crippen molar-refractivity contribution in [3.05, 3.63) is 71.3 Å². The summed E-state index contributed by atoms with van der Waals surface area (Å²) in [5.41, 5.74) is 2.60. The van der Waals surface area contributed by atoms with Crippen LogP contribution in [0.4, 0.5) is 0 Å². The number of Topliss-reactive ketones (excluding diaryl/α,β-unsaturated/α-hetero) is 1. The number of carbonyl (C=O) groups is 1. The summed E-state index contributed by atoms with van der Waals surface area (Å²) in [6, 6.07) is 16.8. The van der Waals surface area contributed by atoms with Gasteiger partial charge in [-0.2, -0.15) is 0 Å². The van der Waals surface area contributed by atoms with Gasteiger partial charge in [-0.1, -0.05) is 72.4 Å². The molecule has 0 fully saturated rings. The lowest BCUT2D eigenvalue weighted by atomic mass is 10.0. The SMILES string of the molecule is Cc1ccc(C(=S)C(=O)c2ccccc2)cc1. The van der Waals surface area contributed by atoms with Crippen molar-refractivity contribution in [3.8, 4) is 0 Å². The maximum Gasteiger partial charge on any atom is 0.204 e. The second kappa shape index (κ2) is 5.02. The third-order valence-electron chi connectivity index (χ3n) is 2.56. The molecule has 0 atom stereocenters. The molecule has 0 heterocycles. The lowest BCUT2D eigenvalue weighted by molar-refractivity contribution is 0.106. The molecule has 0 unspecified atom stereocenters. The zero-order chi connectivity index (χ0) is 12.3. The quantitative estimate of drug-likeness (QED) is 0.602. The Kier molecular flexibility index (Phi) is 3.45. The fraction of sp³-hybridized carbons (Fsp3) is 0.0667. The summed E-state index contributed by atoms with van der Waals surface area (Å²) in [5.74, 6) is -0.0931. The van der Waals surface area contributed by atoms with Crippen LogP contribution in [0.2, 0.25) is 0 Å². The molecule has 0 N–H and O–H groups in total. The van der Waals surface area contributed by atoms with Crippen molar-refractivity contribution in [1.82, 2.24) is 0 Å². The van der Waals surface area contributed by atoms with Crippen molar-refractivity contribution in [2.75, 3.05) is 0 Å². The Labute approximate surface area is 106 Å². The zero-order valence-corrected chi connectivity index (χ0v) is 10.3. The van der Waals surface area contributed by atoms with E-state index in [4.69, 9.17) is 12.2 Å². The topological polar surface area (TPSA) is 17.1 Å². The highest BCUT2D eigenvalue weighted by molar-refractivity contribution is 7.82. The molecule has 84 valence electrons. The molecule has 0 amide bonds. The van der Waals surface area contributed by atoms with Crippen molar-refractivity contribution in [3.63, 3.8) is 0 Å². The number of hydrogen-bond acceptors (Lipinski definition) is 2. The van der Waals surface area contributed by atoms with E-state index in [1.54, 1.807) is 12.1 Å². The van der Waals surface area contributed by atoms with E-state index in [2.05, 4.69) is 0 Å². The third-order valence-corrected chi connectivity index (χ3v) is 2.98. The average Bonchev–Trinajstić information content (AvgIpc) is 2.39. The van der Waals surface area contributed by atoms with Crippen LogP contribution in [0.1, 0.15) is 21.5 Å². The molecule has 0 spiro atoms. The van der Waals surface area contributed by atoms with Gasteiger partial charge in [-0.05, 0) is 12.5 Å². The van der Waals surface area contributed by atoms with Gasteiger partial charge in [0.15, 0.2) is 0 Å². The molecule has 2 aromatic carbocycles. The molecule has 17 heavy (non-hydrogen) atoms. The second-order valence-electron chi connectivity index (χ2n) is 3.89. The van der Waals surface area contributed by atoms with Gasteiger partial charge in [0.2, 0.25) is 5.78 Å². The lowest BCUT2D eigenvalue weighted by Gasteiger charge is -2.03. The highest BCUT2D eigenvalue weighted by atomic mass is 32.1. The minimum absolute atomic E-state index is 0.0931. The molecule has 2 aromatic rings. The van der Waals surface area contributed by atoms with Gasteiger partial charge in [0.25, 0.3) is 0 Å². The van der Waals surface area contributed by atoms with Gasteiger partial charge in [0, 0.05) is 5.56 Å². The molecule has 0 saturated heterocycles. The van der Waals surface area contributed by atoms with E-state index in [1.165, 1.54) is 0 Å². The molecule has 0 radical (unpaired) electrons. The Morgan fingerprint density at radius 3 is 2.06 bits per heavy atom. The monoisotopic (exact) mass is 240 g/mol. The van der Waals surface area contributed by atoms with Gasteiger partial charge in [0.1, 0.15) is 0 Å². The Morgan fingerprint density at radius 1 is 0.882 bits per heavy atom. The first-order chi connectivity index (χ1) is 8.18. The van der Waals surface area contributed by atoms with Crippen LogP contribution in [0.15, 0.2) is 54.6 Å². The van der Waals surface area contributed by atoms with Crippen molar-refractivity contribution in [2.24, 2.45) is 0 Å². The molecule has 0 saturated carbocycles. The predicted molar refractivity (Wildman–Crippen MR) is 73.7 cm³/mol. The normalized spacial score (nSPS) is 9.94. The largest absolute Gasteiger partial charge is 0.288 e. The number of benzene rings is 2. The van der Waals surface area contributed by atoms with Gasteiger partial charge in [-0.15, -0.1) is 0 Å². The van der Waals surface area contributed by atoms with Crippen LogP contribution in [0.3, 0.4) is 0 Å². The summed E-state index contributed by atoms with van der Waals surface area (Å²) in [7, 11) is 0. The van der Waals surface area contributed by atoms with E-state index in [-0.39, 0.29) is 5.78 Å². The van der Waals surface area contributed by atoms with Gasteiger partial charge in [-0.3, -0.25) is 4.79 Å². The van der Waals surface area contributed by atoms with E-state index in [1.807, 2.05) is 49.4 Å². The molecule has 2 heteroatoms. The van der Waals surface area contributed by atoms with E-state index < -0.39 is 0 Å². The zero-order valence-electron chi connectivity index (χ0n) is 9.51. The van der Waals surface area contributed by atoms with Crippen molar-refractivity contribution < 1.29 is 4.79 Å². The number of rotatable bonds is 3. The molecular weight excluding hydrogens is 228 g/mol. The molecule has 0 aromatic heterocycles. The minimum atomic E-state index is -0.0931. The van der Waals surface area contributed by atoms with Crippen molar-refractivity contribution >= 4 is 22.9 Å². The average molecular weight is 240 g/mol. The van der Waals surface area contributed by atoms with Crippen LogP contribution in [-0.2, 0) is 0 Å². The number of thiocarbonyl (C=S) groups is 1. The van der Waals surface area contributed by atoms with E-state index in [9.17, 15) is 4.79 Å². The number of ketones is 1. The first-order valence-corrected chi connectivity index (χ1v) is 5.80. The maximum absolute atomic E-state index is 12.1. The highest BCUT2D eigenvalue weighted by Crippen LogP contribution is 2.10. The summed E-state index contributed by atoms with van der Waals surface area (Å²) in [4.78, 5) is 12.5. The fourth-order valence-electron chi connectivity index (χ4n) is 1.56. The van der Waals surface area contributed by atoms with Crippen molar-refractivity contribution in [2.45, 2.75) is 6.92 Å². The molecule has 0 aliphatic carbocycles. The first-order valence-electron chi connectivity index (χ1n) is 5.39. The predicted octanol–water partition coefficient (Wildman–Crippen LogP) is 3.60. The van der Waals surface area contributed by atoms with E-state index >= 15 is 0 Å². The van der Waals surface area contributed by atoms with E-state index in [0.717, 1.165) is 11.1 Å². The summed E-state index contributed by atoms with van der Waals surface area (Å²) in [5, 5.41) is 0. The lowest BCUT2D eigenvalue weighted by Crippen LogP contribution is -2.12. The smallest absolute Gasteiger partial charge is 0.204 e. The Hall–Kier alpha value is -1.80. The van der Waals surface area contributed by atoms with Crippen LogP contribution >= 0.6 is 12.2 Å². The van der Waals surface area contributed by atoms with Crippen LogP contribution in [0, 0.1) is 6.92 Å². The second-order valence-corrected chi connectivity index (χ2v) is 4.30. The van der Waals surface area contributed by atoms with Gasteiger partial charge < -0.3 is 0 Å². The third kappa shape index (κ3) is 2.66. The minimum Gasteiger partial charge on any atom is -0.288 e. The summed E-state index contributed by atoms with van der Waals surface area (Å²) in [6.07, 6.45) is 0. The van der Waals surface area contributed by atoms with Crippen LogP contribution in [0.5, 0.6) is 0 Å². The van der Waals surface area contributed by atoms with E-state index in [0.29, 0.717) is 10.4 Å². The van der Waals surface area contributed by atoms with Crippen LogP contribution < -0.4 is 0 Å². The Morgan fingerprint density at radius 2 is 1.47 bits per heavy atom. The summed E-state index contributed by atoms with van der Waals surface area (Å²) >= 11 is 5.22. The number of hydrogen-bond donors (Lipinski definition) is 0. The summed E-state index contributed by atoms with van der Waals surface area (Å²) < 4.78 is 0. The number of aryl methyl sites for hydroxylation is 1.